The third-order valence-electron chi connectivity index (χ3n) is 5.31. The highest BCUT2D eigenvalue weighted by Gasteiger charge is 2.15. The topological polar surface area (TPSA) is 118 Å². The van der Waals surface area contributed by atoms with E-state index in [9.17, 15) is 13.2 Å². The summed E-state index contributed by atoms with van der Waals surface area (Å²) in [6.07, 6.45) is 0. The standard InChI is InChI=1S/C25H20N4O4S2/c1-16-6-12-20(13-7-16)35(31,32)29-19-10-8-17(9-11-19)24-27-28-25(33-24)34-15-18-14-23(30)26-22-5-3-2-4-21(18)22/h2-14,29H,15H2,1H3,(H,26,30). The number of pyridine rings is 1. The van der Waals surface area contributed by atoms with Gasteiger partial charge in [0.1, 0.15) is 0 Å². The van der Waals surface area contributed by atoms with Gasteiger partial charge in [0, 0.05) is 34.0 Å². The molecule has 0 aliphatic carbocycles. The summed E-state index contributed by atoms with van der Waals surface area (Å²) in [6, 6.07) is 22.5. The second-order valence-corrected chi connectivity index (χ2v) is 10.5. The number of nitrogens with one attached hydrogen (secondary N) is 2. The van der Waals surface area contributed by atoms with Gasteiger partial charge in [-0.2, -0.15) is 0 Å². The number of para-hydroxylation sites is 1. The highest BCUT2D eigenvalue weighted by atomic mass is 32.2. The Labute approximate surface area is 205 Å². The molecule has 176 valence electrons. The second kappa shape index (κ2) is 9.40. The maximum absolute atomic E-state index is 12.6. The van der Waals surface area contributed by atoms with Crippen molar-refractivity contribution in [1.29, 1.82) is 0 Å². The van der Waals surface area contributed by atoms with Crippen LogP contribution in [0.1, 0.15) is 11.1 Å². The van der Waals surface area contributed by atoms with Gasteiger partial charge in [-0.05, 0) is 55.0 Å². The molecule has 0 radical (unpaired) electrons. The number of thioether (sulfide) groups is 1. The van der Waals surface area contributed by atoms with Crippen molar-refractivity contribution in [2.75, 3.05) is 4.72 Å². The molecule has 3 aromatic carbocycles. The lowest BCUT2D eigenvalue weighted by Crippen LogP contribution is -2.12. The molecule has 0 aliphatic rings. The summed E-state index contributed by atoms with van der Waals surface area (Å²) >= 11 is 1.34. The van der Waals surface area contributed by atoms with Gasteiger partial charge in [0.2, 0.25) is 11.4 Å². The van der Waals surface area contributed by atoms with Crippen LogP contribution in [0.25, 0.3) is 22.4 Å². The third-order valence-corrected chi connectivity index (χ3v) is 7.57. The summed E-state index contributed by atoms with van der Waals surface area (Å²) in [5.41, 5.74) is 3.55. The van der Waals surface area contributed by atoms with Crippen LogP contribution in [-0.4, -0.2) is 23.6 Å². The molecule has 5 aromatic rings. The van der Waals surface area contributed by atoms with Crippen LogP contribution in [0.4, 0.5) is 5.69 Å². The average Bonchev–Trinajstić information content (AvgIpc) is 3.32. The molecule has 0 spiro atoms. The molecule has 35 heavy (non-hydrogen) atoms. The first kappa shape index (κ1) is 22.9. The van der Waals surface area contributed by atoms with Gasteiger partial charge >= 0.3 is 0 Å². The number of aromatic nitrogens is 3. The van der Waals surface area contributed by atoms with Crippen molar-refractivity contribution in [2.24, 2.45) is 0 Å². The SMILES string of the molecule is Cc1ccc(S(=O)(=O)Nc2ccc(-c3nnc(SCc4cc(=O)[nH]c5ccccc45)o3)cc2)cc1. The Morgan fingerprint density at radius 2 is 1.71 bits per heavy atom. The molecule has 0 saturated carbocycles. The van der Waals surface area contributed by atoms with Crippen molar-refractivity contribution in [2.45, 2.75) is 22.8 Å². The Morgan fingerprint density at radius 1 is 0.971 bits per heavy atom. The molecule has 0 atom stereocenters. The van der Waals surface area contributed by atoms with E-state index in [-0.39, 0.29) is 10.5 Å². The molecule has 2 heterocycles. The first-order valence-corrected chi connectivity index (χ1v) is 13.1. The molecule has 2 N–H and O–H groups in total. The number of hydrogen-bond acceptors (Lipinski definition) is 7. The van der Waals surface area contributed by atoms with Crippen LogP contribution in [0.15, 0.2) is 98.2 Å². The Kier molecular flexibility index (Phi) is 6.14. The molecule has 0 unspecified atom stereocenters. The maximum atomic E-state index is 12.6. The lowest BCUT2D eigenvalue weighted by atomic mass is 10.1. The normalized spacial score (nSPS) is 11.6. The second-order valence-electron chi connectivity index (χ2n) is 7.86. The van der Waals surface area contributed by atoms with Crippen LogP contribution >= 0.6 is 11.8 Å². The lowest BCUT2D eigenvalue weighted by molar-refractivity contribution is 0.466. The summed E-state index contributed by atoms with van der Waals surface area (Å²) in [5.74, 6) is 0.808. The molecule has 0 fully saturated rings. The van der Waals surface area contributed by atoms with Gasteiger partial charge in [0.25, 0.3) is 15.2 Å². The van der Waals surface area contributed by atoms with Crippen LogP contribution in [0, 0.1) is 6.92 Å². The van der Waals surface area contributed by atoms with E-state index in [4.69, 9.17) is 4.42 Å². The number of aryl methyl sites for hydroxylation is 1. The third kappa shape index (κ3) is 5.13. The zero-order chi connectivity index (χ0) is 24.4. The van der Waals surface area contributed by atoms with Gasteiger partial charge in [-0.3, -0.25) is 9.52 Å². The first-order valence-electron chi connectivity index (χ1n) is 10.6. The van der Waals surface area contributed by atoms with Gasteiger partial charge in [-0.1, -0.05) is 47.7 Å². The Morgan fingerprint density at radius 3 is 2.49 bits per heavy atom. The Hall–Kier alpha value is -3.89. The van der Waals surface area contributed by atoms with E-state index in [1.54, 1.807) is 54.6 Å². The molecule has 2 aromatic heterocycles. The predicted octanol–water partition coefficient (Wildman–Crippen LogP) is 4.98. The summed E-state index contributed by atoms with van der Waals surface area (Å²) < 4.78 is 33.5. The van der Waals surface area contributed by atoms with Crippen molar-refractivity contribution < 1.29 is 12.8 Å². The molecule has 0 amide bonds. The summed E-state index contributed by atoms with van der Waals surface area (Å²) in [5, 5.41) is 9.51. The van der Waals surface area contributed by atoms with Gasteiger partial charge in [0.05, 0.1) is 4.90 Å². The molecule has 0 aliphatic heterocycles. The summed E-state index contributed by atoms with van der Waals surface area (Å²) in [6.45, 7) is 1.90. The van der Waals surface area contributed by atoms with E-state index in [1.807, 2.05) is 31.2 Å². The van der Waals surface area contributed by atoms with Crippen LogP contribution in [0.2, 0.25) is 0 Å². The molecular weight excluding hydrogens is 484 g/mol. The fourth-order valence-electron chi connectivity index (χ4n) is 3.53. The number of benzene rings is 3. The summed E-state index contributed by atoms with van der Waals surface area (Å²) in [4.78, 5) is 15.0. The van der Waals surface area contributed by atoms with Crippen molar-refractivity contribution >= 4 is 38.4 Å². The number of fused-ring (bicyclic) bond motifs is 1. The van der Waals surface area contributed by atoms with Gasteiger partial charge < -0.3 is 9.40 Å². The number of hydrogen-bond donors (Lipinski definition) is 2. The largest absolute Gasteiger partial charge is 0.411 e. The zero-order valence-electron chi connectivity index (χ0n) is 18.6. The monoisotopic (exact) mass is 504 g/mol. The number of nitrogens with zero attached hydrogens (tertiary/aromatic N) is 2. The van der Waals surface area contributed by atoms with Crippen LogP contribution in [0.3, 0.4) is 0 Å². The van der Waals surface area contributed by atoms with Crippen LogP contribution in [0.5, 0.6) is 0 Å². The van der Waals surface area contributed by atoms with E-state index >= 15 is 0 Å². The number of H-pyrrole nitrogens is 1. The first-order chi connectivity index (χ1) is 16.9. The van der Waals surface area contributed by atoms with Crippen LogP contribution < -0.4 is 10.3 Å². The highest BCUT2D eigenvalue weighted by molar-refractivity contribution is 7.98. The Balaban J connectivity index is 1.28. The quantitative estimate of drug-likeness (QED) is 0.300. The number of anilines is 1. The molecule has 0 saturated heterocycles. The van der Waals surface area contributed by atoms with Gasteiger partial charge in [-0.15, -0.1) is 10.2 Å². The van der Waals surface area contributed by atoms with E-state index in [0.717, 1.165) is 22.0 Å². The van der Waals surface area contributed by atoms with Gasteiger partial charge in [0.15, 0.2) is 0 Å². The molecule has 5 rings (SSSR count). The minimum Gasteiger partial charge on any atom is -0.411 e. The number of rotatable bonds is 7. The van der Waals surface area contributed by atoms with E-state index in [2.05, 4.69) is 19.9 Å². The lowest BCUT2D eigenvalue weighted by Gasteiger charge is -2.08. The fraction of sp³-hybridized carbons (Fsp3) is 0.0800. The number of aromatic amines is 1. The molecule has 8 nitrogen and oxygen atoms in total. The average molecular weight is 505 g/mol. The highest BCUT2D eigenvalue weighted by Crippen LogP contribution is 2.28. The van der Waals surface area contributed by atoms with Crippen molar-refractivity contribution in [3.63, 3.8) is 0 Å². The predicted molar refractivity (Wildman–Crippen MR) is 136 cm³/mol. The van der Waals surface area contributed by atoms with Crippen LogP contribution in [-0.2, 0) is 15.8 Å². The van der Waals surface area contributed by atoms with Crippen molar-refractivity contribution in [3.8, 4) is 11.5 Å². The van der Waals surface area contributed by atoms with E-state index in [0.29, 0.717) is 28.1 Å². The Bertz CT molecular complexity index is 1660. The minimum atomic E-state index is -3.69. The van der Waals surface area contributed by atoms with Crippen molar-refractivity contribution in [3.05, 3.63) is 100 Å². The zero-order valence-corrected chi connectivity index (χ0v) is 20.2. The fourth-order valence-corrected chi connectivity index (χ4v) is 5.35. The van der Waals surface area contributed by atoms with Gasteiger partial charge in [-0.25, -0.2) is 8.42 Å². The van der Waals surface area contributed by atoms with E-state index in [1.165, 1.54) is 11.8 Å². The van der Waals surface area contributed by atoms with E-state index < -0.39 is 10.0 Å². The smallest absolute Gasteiger partial charge is 0.277 e. The summed E-state index contributed by atoms with van der Waals surface area (Å²) in [7, 11) is -3.69. The maximum Gasteiger partial charge on any atom is 0.277 e. The minimum absolute atomic E-state index is 0.163. The molecule has 10 heteroatoms. The van der Waals surface area contributed by atoms with Crippen molar-refractivity contribution in [1.82, 2.24) is 15.2 Å². The molecule has 0 bridgehead atoms. The number of sulfonamides is 1. The molecular formula is C25H20N4O4S2.